The van der Waals surface area contributed by atoms with E-state index in [1.54, 1.807) is 24.3 Å². The van der Waals surface area contributed by atoms with E-state index in [0.29, 0.717) is 17.9 Å². The highest BCUT2D eigenvalue weighted by molar-refractivity contribution is 6.18. The third-order valence-electron chi connectivity index (χ3n) is 2.06. The number of alkyl halides is 1. The minimum Gasteiger partial charge on any atom is -0.462 e. The average molecular weight is 271 g/mol. The van der Waals surface area contributed by atoms with Gasteiger partial charge < -0.3 is 9.47 Å². The van der Waals surface area contributed by atoms with Gasteiger partial charge in [-0.05, 0) is 30.7 Å². The molecule has 5 heteroatoms. The molecule has 0 saturated carbocycles. The first kappa shape index (κ1) is 14.5. The van der Waals surface area contributed by atoms with Gasteiger partial charge in [0.05, 0.1) is 18.6 Å². The van der Waals surface area contributed by atoms with Crippen LogP contribution in [0, 0.1) is 0 Å². The third-order valence-corrected chi connectivity index (χ3v) is 2.25. The van der Waals surface area contributed by atoms with E-state index in [1.807, 2.05) is 6.92 Å². The third kappa shape index (κ3) is 4.75. The second-order valence-electron chi connectivity index (χ2n) is 3.57. The molecule has 0 fully saturated rings. The molecule has 0 amide bonds. The topological polar surface area (TPSA) is 52.6 Å². The zero-order valence-corrected chi connectivity index (χ0v) is 10.9. The van der Waals surface area contributed by atoms with Crippen LogP contribution in [-0.2, 0) is 9.53 Å². The van der Waals surface area contributed by atoms with E-state index < -0.39 is 5.97 Å². The van der Waals surface area contributed by atoms with Crippen molar-refractivity contribution in [3.63, 3.8) is 0 Å². The number of esters is 2. The Balaban J connectivity index is 2.57. The quantitative estimate of drug-likeness (QED) is 0.453. The predicted octanol–water partition coefficient (Wildman–Crippen LogP) is 2.79. The van der Waals surface area contributed by atoms with Gasteiger partial charge in [0.1, 0.15) is 5.75 Å². The number of rotatable bonds is 6. The van der Waals surface area contributed by atoms with Crippen LogP contribution in [0.15, 0.2) is 24.3 Å². The summed E-state index contributed by atoms with van der Waals surface area (Å²) in [6, 6.07) is 6.21. The Kier molecular flexibility index (Phi) is 6.22. The van der Waals surface area contributed by atoms with Crippen LogP contribution in [0.3, 0.4) is 0 Å². The van der Waals surface area contributed by atoms with Crippen molar-refractivity contribution >= 4 is 23.5 Å². The van der Waals surface area contributed by atoms with Crippen LogP contribution < -0.4 is 4.74 Å². The Labute approximate surface area is 111 Å². The smallest absolute Gasteiger partial charge is 0.338 e. The van der Waals surface area contributed by atoms with Crippen LogP contribution in [0.1, 0.15) is 30.1 Å². The molecule has 0 atom stereocenters. The molecule has 18 heavy (non-hydrogen) atoms. The van der Waals surface area contributed by atoms with Gasteiger partial charge in [-0.2, -0.15) is 0 Å². The second kappa shape index (κ2) is 7.71. The number of hydrogen-bond donors (Lipinski definition) is 0. The fourth-order valence-corrected chi connectivity index (χ4v) is 1.35. The Bertz CT molecular complexity index is 400. The molecule has 0 heterocycles. The standard InChI is InChI=1S/C13H15ClO4/c1-2-9-17-13(16)10-3-5-11(6-4-10)18-12(15)7-8-14/h3-6H,2,7-9H2,1H3. The number of carbonyl (C=O) groups excluding carboxylic acids is 2. The minimum absolute atomic E-state index is 0.155. The Morgan fingerprint density at radius 2 is 1.89 bits per heavy atom. The molecule has 0 unspecified atom stereocenters. The minimum atomic E-state index is -0.397. The molecule has 1 aromatic rings. The fourth-order valence-electron chi connectivity index (χ4n) is 1.20. The van der Waals surface area contributed by atoms with Gasteiger partial charge in [0, 0.05) is 5.88 Å². The monoisotopic (exact) mass is 270 g/mol. The lowest BCUT2D eigenvalue weighted by atomic mass is 10.2. The normalized spacial score (nSPS) is 9.89. The lowest BCUT2D eigenvalue weighted by Crippen LogP contribution is -2.09. The van der Waals surface area contributed by atoms with Crippen LogP contribution >= 0.6 is 11.6 Å². The molecule has 0 radical (unpaired) electrons. The van der Waals surface area contributed by atoms with E-state index in [4.69, 9.17) is 21.1 Å². The van der Waals surface area contributed by atoms with E-state index in [1.165, 1.54) is 0 Å². The van der Waals surface area contributed by atoms with E-state index in [9.17, 15) is 9.59 Å². The summed E-state index contributed by atoms with van der Waals surface area (Å²) in [6.45, 7) is 2.32. The lowest BCUT2D eigenvalue weighted by molar-refractivity contribution is -0.133. The predicted molar refractivity (Wildman–Crippen MR) is 68.0 cm³/mol. The molecule has 0 bridgehead atoms. The van der Waals surface area contributed by atoms with Crippen LogP contribution in [0.2, 0.25) is 0 Å². The number of ether oxygens (including phenoxy) is 2. The number of hydrogen-bond acceptors (Lipinski definition) is 4. The lowest BCUT2D eigenvalue weighted by Gasteiger charge is -2.05. The first-order valence-electron chi connectivity index (χ1n) is 5.71. The van der Waals surface area contributed by atoms with E-state index >= 15 is 0 Å². The molecule has 98 valence electrons. The summed E-state index contributed by atoms with van der Waals surface area (Å²) >= 11 is 5.42. The largest absolute Gasteiger partial charge is 0.462 e. The van der Waals surface area contributed by atoms with Gasteiger partial charge >= 0.3 is 11.9 Å². The molecule has 0 spiro atoms. The molecular formula is C13H15ClO4. The SMILES string of the molecule is CCCOC(=O)c1ccc(OC(=O)CCCl)cc1. The second-order valence-corrected chi connectivity index (χ2v) is 3.95. The average Bonchev–Trinajstić information content (AvgIpc) is 2.37. The zero-order chi connectivity index (χ0) is 13.4. The summed E-state index contributed by atoms with van der Waals surface area (Å²) in [5, 5.41) is 0. The van der Waals surface area contributed by atoms with Crippen molar-refractivity contribution in [2.24, 2.45) is 0 Å². The highest BCUT2D eigenvalue weighted by Gasteiger charge is 2.08. The number of halogens is 1. The van der Waals surface area contributed by atoms with Crippen molar-refractivity contribution in [2.75, 3.05) is 12.5 Å². The molecule has 0 N–H and O–H groups in total. The highest BCUT2D eigenvalue weighted by Crippen LogP contribution is 2.13. The van der Waals surface area contributed by atoms with Gasteiger partial charge in [-0.15, -0.1) is 11.6 Å². The molecular weight excluding hydrogens is 256 g/mol. The van der Waals surface area contributed by atoms with Crippen molar-refractivity contribution in [1.29, 1.82) is 0 Å². The maximum absolute atomic E-state index is 11.5. The first-order chi connectivity index (χ1) is 8.67. The molecule has 0 saturated heterocycles. The molecule has 0 aliphatic heterocycles. The van der Waals surface area contributed by atoms with Gasteiger partial charge in [0.25, 0.3) is 0 Å². The Morgan fingerprint density at radius 1 is 1.22 bits per heavy atom. The molecule has 0 aliphatic carbocycles. The van der Waals surface area contributed by atoms with Gasteiger partial charge in [-0.1, -0.05) is 6.92 Å². The maximum atomic E-state index is 11.5. The summed E-state index contributed by atoms with van der Waals surface area (Å²) < 4.78 is 9.97. The van der Waals surface area contributed by atoms with Gasteiger partial charge in [0.2, 0.25) is 0 Å². The summed E-state index contributed by atoms with van der Waals surface area (Å²) in [7, 11) is 0. The highest BCUT2D eigenvalue weighted by atomic mass is 35.5. The first-order valence-corrected chi connectivity index (χ1v) is 6.24. The summed E-state index contributed by atoms with van der Waals surface area (Å²) in [6.07, 6.45) is 0.932. The fraction of sp³-hybridized carbons (Fsp3) is 0.385. The van der Waals surface area contributed by atoms with Crippen molar-refractivity contribution in [3.8, 4) is 5.75 Å². The molecule has 4 nitrogen and oxygen atoms in total. The van der Waals surface area contributed by atoms with E-state index in [2.05, 4.69) is 0 Å². The number of benzene rings is 1. The maximum Gasteiger partial charge on any atom is 0.338 e. The van der Waals surface area contributed by atoms with Gasteiger partial charge in [-0.25, -0.2) is 4.79 Å². The zero-order valence-electron chi connectivity index (χ0n) is 10.1. The summed E-state index contributed by atoms with van der Waals surface area (Å²) in [5.74, 6) is -0.167. The van der Waals surface area contributed by atoms with Gasteiger partial charge in [-0.3, -0.25) is 4.79 Å². The Morgan fingerprint density at radius 3 is 2.44 bits per heavy atom. The van der Waals surface area contributed by atoms with Crippen LogP contribution in [0.4, 0.5) is 0 Å². The van der Waals surface area contributed by atoms with E-state index in [-0.39, 0.29) is 18.3 Å². The molecule has 1 rings (SSSR count). The molecule has 0 aromatic heterocycles. The Hall–Kier alpha value is -1.55. The van der Waals surface area contributed by atoms with E-state index in [0.717, 1.165) is 6.42 Å². The van der Waals surface area contributed by atoms with Crippen LogP contribution in [-0.4, -0.2) is 24.4 Å². The van der Waals surface area contributed by atoms with Crippen LogP contribution in [0.5, 0.6) is 5.75 Å². The molecule has 0 aliphatic rings. The molecule has 1 aromatic carbocycles. The van der Waals surface area contributed by atoms with Crippen molar-refractivity contribution in [1.82, 2.24) is 0 Å². The summed E-state index contributed by atoms with van der Waals surface area (Å²) in [4.78, 5) is 22.7. The van der Waals surface area contributed by atoms with Crippen molar-refractivity contribution < 1.29 is 19.1 Å². The number of carbonyl (C=O) groups is 2. The van der Waals surface area contributed by atoms with Crippen molar-refractivity contribution in [3.05, 3.63) is 29.8 Å². The van der Waals surface area contributed by atoms with Crippen molar-refractivity contribution in [2.45, 2.75) is 19.8 Å². The van der Waals surface area contributed by atoms with Gasteiger partial charge in [0.15, 0.2) is 0 Å². The summed E-state index contributed by atoms with van der Waals surface area (Å²) in [5.41, 5.74) is 0.431. The van der Waals surface area contributed by atoms with Crippen LogP contribution in [0.25, 0.3) is 0 Å².